The highest BCUT2D eigenvalue weighted by molar-refractivity contribution is 5.71. The Bertz CT molecular complexity index is 941. The van der Waals surface area contributed by atoms with Gasteiger partial charge in [0.2, 0.25) is 6.41 Å². The molecule has 1 fully saturated rings. The van der Waals surface area contributed by atoms with E-state index in [1.165, 1.54) is 6.07 Å². The van der Waals surface area contributed by atoms with E-state index >= 15 is 0 Å². The Morgan fingerprint density at radius 2 is 2.07 bits per heavy atom. The molecule has 2 aromatic rings. The van der Waals surface area contributed by atoms with E-state index < -0.39 is 17.6 Å². The highest BCUT2D eigenvalue weighted by Crippen LogP contribution is 2.47. The first-order chi connectivity index (χ1) is 13.8. The molecular formula is C21H20F4N2O2. The van der Waals surface area contributed by atoms with Crippen LogP contribution in [0.5, 0.6) is 5.75 Å². The van der Waals surface area contributed by atoms with Gasteiger partial charge in [-0.2, -0.15) is 13.2 Å². The van der Waals surface area contributed by atoms with Crippen molar-refractivity contribution in [3.8, 4) is 17.0 Å². The van der Waals surface area contributed by atoms with Crippen LogP contribution in [-0.2, 0) is 11.0 Å². The number of nitrogens with one attached hydrogen (secondary N) is 1. The summed E-state index contributed by atoms with van der Waals surface area (Å²) in [5.74, 6) is -0.475. The average Bonchev–Trinajstić information content (AvgIpc) is 3.44. The minimum absolute atomic E-state index is 0.0282. The zero-order valence-electron chi connectivity index (χ0n) is 15.7. The molecule has 1 saturated carbocycles. The summed E-state index contributed by atoms with van der Waals surface area (Å²) in [6.45, 7) is 2.79. The molecule has 4 rings (SSSR count). The summed E-state index contributed by atoms with van der Waals surface area (Å²) in [5, 5.41) is 2.69. The largest absolute Gasteiger partial charge is 0.490 e. The van der Waals surface area contributed by atoms with Crippen molar-refractivity contribution in [2.45, 2.75) is 37.8 Å². The third-order valence-corrected chi connectivity index (χ3v) is 5.57. The molecule has 4 nitrogen and oxygen atoms in total. The first-order valence-electron chi connectivity index (χ1n) is 9.51. The van der Waals surface area contributed by atoms with Crippen LogP contribution in [0.2, 0.25) is 0 Å². The van der Waals surface area contributed by atoms with Gasteiger partial charge in [0.15, 0.2) is 0 Å². The Kier molecular flexibility index (Phi) is 4.96. The maximum Gasteiger partial charge on any atom is 0.419 e. The Balaban J connectivity index is 1.84. The van der Waals surface area contributed by atoms with Crippen molar-refractivity contribution < 1.29 is 27.1 Å². The van der Waals surface area contributed by atoms with Gasteiger partial charge < -0.3 is 10.1 Å². The fourth-order valence-corrected chi connectivity index (χ4v) is 3.85. The van der Waals surface area contributed by atoms with Crippen LogP contribution in [0.1, 0.15) is 48.4 Å². The molecule has 1 aliphatic carbocycles. The number of rotatable bonds is 6. The van der Waals surface area contributed by atoms with Crippen molar-refractivity contribution in [1.29, 1.82) is 0 Å². The van der Waals surface area contributed by atoms with Gasteiger partial charge in [0.1, 0.15) is 17.3 Å². The lowest BCUT2D eigenvalue weighted by Crippen LogP contribution is -2.22. The summed E-state index contributed by atoms with van der Waals surface area (Å²) in [4.78, 5) is 15.4. The van der Waals surface area contributed by atoms with Crippen molar-refractivity contribution in [2.24, 2.45) is 5.92 Å². The lowest BCUT2D eigenvalue weighted by Gasteiger charge is -2.19. The highest BCUT2D eigenvalue weighted by Gasteiger charge is 2.37. The second-order valence-electron chi connectivity index (χ2n) is 7.69. The third kappa shape index (κ3) is 3.80. The Labute approximate surface area is 165 Å². The van der Waals surface area contributed by atoms with E-state index in [4.69, 9.17) is 4.74 Å². The second-order valence-corrected chi connectivity index (χ2v) is 7.69. The predicted octanol–water partition coefficient (Wildman–Crippen LogP) is 4.64. The number of hydrogen-bond donors (Lipinski definition) is 1. The molecule has 0 spiro atoms. The number of alkyl halides is 3. The van der Waals surface area contributed by atoms with Crippen LogP contribution in [0, 0.1) is 11.7 Å². The van der Waals surface area contributed by atoms with Crippen LogP contribution >= 0.6 is 0 Å². The van der Waals surface area contributed by atoms with Crippen molar-refractivity contribution >= 4 is 6.41 Å². The van der Waals surface area contributed by atoms with Crippen LogP contribution in [0.3, 0.4) is 0 Å². The number of hydrogen-bond acceptors (Lipinski definition) is 3. The molecule has 1 N–H and O–H groups in total. The second kappa shape index (κ2) is 7.31. The summed E-state index contributed by atoms with van der Waals surface area (Å²) < 4.78 is 59.1. The molecule has 2 unspecified atom stereocenters. The number of pyridine rings is 1. The van der Waals surface area contributed by atoms with Gasteiger partial charge in [-0.3, -0.25) is 4.79 Å². The standard InChI is InChI=1S/C21H20F4N2O2/c1-11-9-29-20-14(11)7-18(15(8-26-10-28)12-2-3-12)27-19(20)13-4-5-17(22)16(6-13)21(23,24)25/h4-7,10-12,15H,2-3,8-9H2,1H3,(H,26,28). The maximum atomic E-state index is 13.8. The van der Waals surface area contributed by atoms with Gasteiger partial charge in [-0.25, -0.2) is 9.37 Å². The first kappa shape index (κ1) is 19.7. The van der Waals surface area contributed by atoms with E-state index in [2.05, 4.69) is 10.3 Å². The SMILES string of the molecule is CC1COc2c1cc(C(CNC=O)C1CC1)nc2-c1ccc(F)c(C(F)(F)F)c1. The van der Waals surface area contributed by atoms with E-state index in [0.717, 1.165) is 30.5 Å². The van der Waals surface area contributed by atoms with Gasteiger partial charge in [-0.15, -0.1) is 0 Å². The molecule has 0 bridgehead atoms. The molecule has 1 aromatic heterocycles. The van der Waals surface area contributed by atoms with E-state index in [9.17, 15) is 22.4 Å². The van der Waals surface area contributed by atoms with Crippen LogP contribution in [0.25, 0.3) is 11.3 Å². The van der Waals surface area contributed by atoms with Gasteiger partial charge >= 0.3 is 6.18 Å². The van der Waals surface area contributed by atoms with Crippen molar-refractivity contribution in [2.75, 3.05) is 13.2 Å². The van der Waals surface area contributed by atoms with Crippen LogP contribution in [0.4, 0.5) is 17.6 Å². The number of carbonyl (C=O) groups excluding carboxylic acids is 1. The van der Waals surface area contributed by atoms with Crippen LogP contribution < -0.4 is 10.1 Å². The fraction of sp³-hybridized carbons (Fsp3) is 0.429. The molecule has 2 atom stereocenters. The summed E-state index contributed by atoms with van der Waals surface area (Å²) in [7, 11) is 0. The summed E-state index contributed by atoms with van der Waals surface area (Å²) in [5.41, 5.74) is 0.696. The first-order valence-corrected chi connectivity index (χ1v) is 9.51. The topological polar surface area (TPSA) is 51.2 Å². The number of benzene rings is 1. The molecule has 2 aliphatic rings. The van der Waals surface area contributed by atoms with E-state index in [1.807, 2.05) is 13.0 Å². The Morgan fingerprint density at radius 3 is 2.72 bits per heavy atom. The number of carbonyl (C=O) groups is 1. The van der Waals surface area contributed by atoms with Gasteiger partial charge in [-0.05, 0) is 43.0 Å². The summed E-state index contributed by atoms with van der Waals surface area (Å²) >= 11 is 0. The highest BCUT2D eigenvalue weighted by atomic mass is 19.4. The van der Waals surface area contributed by atoms with Crippen LogP contribution in [-0.4, -0.2) is 24.5 Å². The molecule has 29 heavy (non-hydrogen) atoms. The smallest absolute Gasteiger partial charge is 0.419 e. The van der Waals surface area contributed by atoms with Gasteiger partial charge in [0, 0.05) is 35.2 Å². The van der Waals surface area contributed by atoms with E-state index in [1.54, 1.807) is 0 Å². The molecule has 154 valence electrons. The lowest BCUT2D eigenvalue weighted by molar-refractivity contribution is -0.139. The molecule has 8 heteroatoms. The molecule has 1 aromatic carbocycles. The molecule has 1 aliphatic heterocycles. The minimum Gasteiger partial charge on any atom is -0.490 e. The van der Waals surface area contributed by atoms with Crippen LogP contribution in [0.15, 0.2) is 24.3 Å². The maximum absolute atomic E-state index is 13.8. The zero-order chi connectivity index (χ0) is 20.8. The number of aromatic nitrogens is 1. The summed E-state index contributed by atoms with van der Waals surface area (Å²) in [6, 6.07) is 4.81. The average molecular weight is 408 g/mol. The minimum atomic E-state index is -4.81. The van der Waals surface area contributed by atoms with Gasteiger partial charge in [-0.1, -0.05) is 6.92 Å². The molecule has 0 saturated heterocycles. The molecule has 0 radical (unpaired) electrons. The van der Waals surface area contributed by atoms with Gasteiger partial charge in [0.25, 0.3) is 0 Å². The van der Waals surface area contributed by atoms with Crippen molar-refractivity contribution in [1.82, 2.24) is 10.3 Å². The molecule has 2 heterocycles. The van der Waals surface area contributed by atoms with E-state index in [-0.39, 0.29) is 23.1 Å². The zero-order valence-corrected chi connectivity index (χ0v) is 15.7. The third-order valence-electron chi connectivity index (χ3n) is 5.57. The Hall–Kier alpha value is -2.64. The molecule has 1 amide bonds. The Morgan fingerprint density at radius 1 is 1.31 bits per heavy atom. The number of ether oxygens (including phenoxy) is 1. The van der Waals surface area contributed by atoms with Gasteiger partial charge in [0.05, 0.1) is 12.2 Å². The number of fused-ring (bicyclic) bond motifs is 1. The fourth-order valence-electron chi connectivity index (χ4n) is 3.85. The number of nitrogens with zero attached hydrogens (tertiary/aromatic N) is 1. The quantitative estimate of drug-likeness (QED) is 0.560. The normalized spacial score (nSPS) is 19.4. The monoisotopic (exact) mass is 408 g/mol. The number of amides is 1. The van der Waals surface area contributed by atoms with Crippen molar-refractivity contribution in [3.05, 3.63) is 46.9 Å². The van der Waals surface area contributed by atoms with E-state index in [0.29, 0.717) is 36.9 Å². The van der Waals surface area contributed by atoms with Crippen molar-refractivity contribution in [3.63, 3.8) is 0 Å². The molecular weight excluding hydrogens is 388 g/mol. The summed E-state index contributed by atoms with van der Waals surface area (Å²) in [6.07, 6.45) is -2.15. The number of halogens is 4. The predicted molar refractivity (Wildman–Crippen MR) is 98.1 cm³/mol. The lowest BCUT2D eigenvalue weighted by atomic mass is 9.93.